The van der Waals surface area contributed by atoms with Gasteiger partial charge in [0.2, 0.25) is 5.91 Å². The number of aromatic nitrogens is 2. The van der Waals surface area contributed by atoms with Gasteiger partial charge in [-0.1, -0.05) is 30.3 Å². The van der Waals surface area contributed by atoms with Crippen LogP contribution in [-0.4, -0.2) is 79.2 Å². The van der Waals surface area contributed by atoms with Crippen LogP contribution in [0, 0.1) is 0 Å². The second-order valence-electron chi connectivity index (χ2n) is 9.68. The third-order valence-corrected chi connectivity index (χ3v) is 9.70. The number of benzene rings is 2. The van der Waals surface area contributed by atoms with Crippen LogP contribution in [0.15, 0.2) is 54.9 Å². The molecule has 1 unspecified atom stereocenters. The van der Waals surface area contributed by atoms with Crippen molar-refractivity contribution < 1.29 is 32.6 Å². The number of carboxylic acid groups (broad SMARTS) is 1. The highest BCUT2D eigenvalue weighted by atomic mass is 32.2. The van der Waals surface area contributed by atoms with Crippen molar-refractivity contribution in [3.63, 3.8) is 0 Å². The largest absolute Gasteiger partial charge is 0.496 e. The summed E-state index contributed by atoms with van der Waals surface area (Å²) < 4.78 is 36.2. The van der Waals surface area contributed by atoms with E-state index in [4.69, 9.17) is 9.47 Å². The van der Waals surface area contributed by atoms with E-state index in [-0.39, 0.29) is 31.6 Å². The minimum absolute atomic E-state index is 0.0274. The van der Waals surface area contributed by atoms with Gasteiger partial charge in [-0.2, -0.15) is 0 Å². The average molecular weight is 571 g/mol. The fourth-order valence-corrected chi connectivity index (χ4v) is 6.98. The number of carbonyl (C=O) groups is 2. The highest BCUT2D eigenvalue weighted by molar-refractivity contribution is 7.93. The normalized spacial score (nSPS) is 18.1. The van der Waals surface area contributed by atoms with E-state index in [1.165, 1.54) is 6.20 Å². The molecule has 214 valence electrons. The van der Waals surface area contributed by atoms with Gasteiger partial charge >= 0.3 is 5.97 Å². The number of rotatable bonds is 12. The Balaban J connectivity index is 1.53. The Morgan fingerprint density at radius 1 is 1.12 bits per heavy atom. The topological polar surface area (TPSA) is 160 Å². The number of nitrogens with one attached hydrogen (secondary N) is 3. The molecule has 1 aromatic heterocycles. The fraction of sp³-hybridized carbons (Fsp3) is 0.393. The molecule has 4 rings (SSSR count). The maximum atomic E-state index is 13.6. The van der Waals surface area contributed by atoms with E-state index in [1.54, 1.807) is 32.5 Å². The molecule has 0 saturated carbocycles. The minimum atomic E-state index is -3.97. The van der Waals surface area contributed by atoms with Crippen molar-refractivity contribution in [3.8, 4) is 22.6 Å². The number of carbonyl (C=O) groups excluding carboxylic acids is 1. The molecule has 0 radical (unpaired) electrons. The summed E-state index contributed by atoms with van der Waals surface area (Å²) in [5.74, 6) is -0.593. The van der Waals surface area contributed by atoms with Gasteiger partial charge in [0.1, 0.15) is 23.4 Å². The van der Waals surface area contributed by atoms with Crippen molar-refractivity contribution in [1.82, 2.24) is 20.6 Å². The minimum Gasteiger partial charge on any atom is -0.496 e. The number of aryl methyl sites for hydroxylation is 1. The highest BCUT2D eigenvalue weighted by Crippen LogP contribution is 2.38. The first-order valence-corrected chi connectivity index (χ1v) is 14.6. The number of methoxy groups -OCH3 is 2. The average Bonchev–Trinajstić information content (AvgIpc) is 3.50. The highest BCUT2D eigenvalue weighted by Gasteiger charge is 2.51. The van der Waals surface area contributed by atoms with Crippen LogP contribution < -0.4 is 20.1 Å². The van der Waals surface area contributed by atoms with Crippen LogP contribution in [0.3, 0.4) is 0 Å². The van der Waals surface area contributed by atoms with Crippen LogP contribution >= 0.6 is 0 Å². The Bertz CT molecular complexity index is 1400. The summed E-state index contributed by atoms with van der Waals surface area (Å²) in [6.45, 7) is 0.496. The Hall–Kier alpha value is -3.90. The molecule has 0 bridgehead atoms. The smallest absolute Gasteiger partial charge is 0.326 e. The molecule has 11 nitrogen and oxygen atoms in total. The van der Waals surface area contributed by atoms with E-state index >= 15 is 0 Å². The zero-order chi connectivity index (χ0) is 28.8. The molecule has 1 aliphatic heterocycles. The van der Waals surface area contributed by atoms with Crippen molar-refractivity contribution in [3.05, 3.63) is 66.2 Å². The third-order valence-electron chi connectivity index (χ3n) is 7.23. The van der Waals surface area contributed by atoms with Gasteiger partial charge < -0.3 is 30.2 Å². The van der Waals surface area contributed by atoms with Gasteiger partial charge in [0, 0.05) is 31.8 Å². The van der Waals surface area contributed by atoms with Gasteiger partial charge in [-0.25, -0.2) is 18.2 Å². The lowest BCUT2D eigenvalue weighted by Crippen LogP contribution is -2.63. The van der Waals surface area contributed by atoms with E-state index in [1.807, 2.05) is 30.3 Å². The van der Waals surface area contributed by atoms with Gasteiger partial charge in [-0.3, -0.25) is 4.79 Å². The number of imidazole rings is 1. The maximum absolute atomic E-state index is 13.6. The zero-order valence-electron chi connectivity index (χ0n) is 22.5. The van der Waals surface area contributed by atoms with Crippen molar-refractivity contribution in [2.45, 2.75) is 36.5 Å². The van der Waals surface area contributed by atoms with Gasteiger partial charge in [-0.15, -0.1) is 0 Å². The van der Waals surface area contributed by atoms with E-state index < -0.39 is 32.5 Å². The van der Waals surface area contributed by atoms with Crippen LogP contribution in [0.1, 0.15) is 24.2 Å². The summed E-state index contributed by atoms with van der Waals surface area (Å²) >= 11 is 0. The second-order valence-corrected chi connectivity index (χ2v) is 12.1. The molecule has 2 atom stereocenters. The number of hydrogen-bond acceptors (Lipinski definition) is 8. The van der Waals surface area contributed by atoms with Crippen molar-refractivity contribution in [2.24, 2.45) is 0 Å². The number of sulfone groups is 1. The van der Waals surface area contributed by atoms with Gasteiger partial charge in [0.25, 0.3) is 0 Å². The number of ether oxygens (including phenoxy) is 2. The predicted octanol–water partition coefficient (Wildman–Crippen LogP) is 1.99. The quantitative estimate of drug-likeness (QED) is 0.255. The number of hydrogen-bond donors (Lipinski definition) is 4. The SMILES string of the molecule is COc1cccc(OC)c1-c1ccc(C[C@H](NC(=O)C2(S(=O)(=O)CCc3ncc[nH]3)CCCNC2)C(=O)O)cc1. The molecule has 2 heterocycles. The van der Waals surface area contributed by atoms with Crippen LogP contribution in [0.4, 0.5) is 0 Å². The lowest BCUT2D eigenvalue weighted by molar-refractivity contribution is -0.142. The standard InChI is InChI=1S/C28H34N4O7S/c1-38-22-5-3-6-23(39-2)25(22)20-9-7-19(8-10-20)17-21(26(33)34)32-27(35)28(12-4-13-29-18-28)40(36,37)16-11-24-30-14-15-31-24/h3,5-10,14-15,21,29H,4,11-13,16-18H2,1-2H3,(H,30,31)(H,32,35)(H,33,34)/t21-,28?/m0/s1. The lowest BCUT2D eigenvalue weighted by Gasteiger charge is -2.36. The molecule has 0 spiro atoms. The van der Waals surface area contributed by atoms with Crippen molar-refractivity contribution in [1.29, 1.82) is 0 Å². The zero-order valence-corrected chi connectivity index (χ0v) is 23.3. The molecule has 12 heteroatoms. The molecule has 1 fully saturated rings. The number of nitrogens with zero attached hydrogens (tertiary/aromatic N) is 1. The predicted molar refractivity (Wildman–Crippen MR) is 149 cm³/mol. The number of carboxylic acids is 1. The van der Waals surface area contributed by atoms with Crippen LogP contribution in [0.25, 0.3) is 11.1 Å². The summed E-state index contributed by atoms with van der Waals surface area (Å²) in [5, 5.41) is 15.5. The first kappa shape index (κ1) is 29.1. The van der Waals surface area contributed by atoms with Crippen molar-refractivity contribution >= 4 is 21.7 Å². The van der Waals surface area contributed by atoms with Gasteiger partial charge in [-0.05, 0) is 42.6 Å². The lowest BCUT2D eigenvalue weighted by atomic mass is 9.96. The number of piperidine rings is 1. The van der Waals surface area contributed by atoms with E-state index in [9.17, 15) is 23.1 Å². The van der Waals surface area contributed by atoms with Gasteiger partial charge in [0.15, 0.2) is 14.6 Å². The second kappa shape index (κ2) is 12.5. The Kier molecular flexibility index (Phi) is 9.10. The first-order chi connectivity index (χ1) is 19.2. The van der Waals surface area contributed by atoms with E-state index in [2.05, 4.69) is 20.6 Å². The summed E-state index contributed by atoms with van der Waals surface area (Å²) in [6, 6.07) is 11.3. The third kappa shape index (κ3) is 6.13. The molecule has 1 aliphatic rings. The number of H-pyrrole nitrogens is 1. The molecular weight excluding hydrogens is 536 g/mol. The molecule has 3 aromatic rings. The number of amides is 1. The van der Waals surface area contributed by atoms with Crippen LogP contribution in [0.2, 0.25) is 0 Å². The molecule has 0 aliphatic carbocycles. The van der Waals surface area contributed by atoms with E-state index in [0.29, 0.717) is 35.9 Å². The number of aliphatic carboxylic acids is 1. The van der Waals surface area contributed by atoms with Crippen LogP contribution in [0.5, 0.6) is 11.5 Å². The molecule has 40 heavy (non-hydrogen) atoms. The van der Waals surface area contributed by atoms with Gasteiger partial charge in [0.05, 0.1) is 25.5 Å². The monoisotopic (exact) mass is 570 g/mol. The fourth-order valence-electron chi connectivity index (χ4n) is 5.01. The Labute approximate surface area is 233 Å². The first-order valence-electron chi connectivity index (χ1n) is 13.0. The summed E-state index contributed by atoms with van der Waals surface area (Å²) in [7, 11) is -0.829. The molecule has 1 amide bonds. The summed E-state index contributed by atoms with van der Waals surface area (Å²) in [6.07, 6.45) is 3.80. The molecule has 1 saturated heterocycles. The van der Waals surface area contributed by atoms with E-state index in [0.717, 1.165) is 11.1 Å². The number of aromatic amines is 1. The molecule has 4 N–H and O–H groups in total. The van der Waals surface area contributed by atoms with Crippen molar-refractivity contribution in [2.75, 3.05) is 33.1 Å². The molecular formula is C28H34N4O7S. The Morgan fingerprint density at radius 3 is 2.38 bits per heavy atom. The molecule has 2 aromatic carbocycles. The maximum Gasteiger partial charge on any atom is 0.326 e. The summed E-state index contributed by atoms with van der Waals surface area (Å²) in [4.78, 5) is 32.7. The summed E-state index contributed by atoms with van der Waals surface area (Å²) in [5.41, 5.74) is 2.22. The Morgan fingerprint density at radius 2 is 1.82 bits per heavy atom. The van der Waals surface area contributed by atoms with Crippen LogP contribution in [-0.2, 0) is 32.3 Å².